The second kappa shape index (κ2) is 9.36. The molecule has 0 radical (unpaired) electrons. The van der Waals surface area contributed by atoms with E-state index < -0.39 is 0 Å². The van der Waals surface area contributed by atoms with Crippen LogP contribution in [0.1, 0.15) is 16.8 Å². The first-order valence-electron chi connectivity index (χ1n) is 11.1. The number of nitrogens with one attached hydrogen (secondary N) is 1. The average molecular weight is 430 g/mol. The van der Waals surface area contributed by atoms with E-state index in [4.69, 9.17) is 9.72 Å². The predicted molar refractivity (Wildman–Crippen MR) is 125 cm³/mol. The highest BCUT2D eigenvalue weighted by Crippen LogP contribution is 2.24. The van der Waals surface area contributed by atoms with Crippen molar-refractivity contribution in [3.05, 3.63) is 72.4 Å². The second-order valence-electron chi connectivity index (χ2n) is 8.13. The number of anilines is 2. The molecule has 32 heavy (non-hydrogen) atoms. The molecule has 3 aromatic rings. The van der Waals surface area contributed by atoms with Gasteiger partial charge in [0.15, 0.2) is 0 Å². The number of morpholine rings is 1. The zero-order valence-corrected chi connectivity index (χ0v) is 18.0. The van der Waals surface area contributed by atoms with Crippen LogP contribution in [-0.4, -0.2) is 61.3 Å². The Morgan fingerprint density at radius 3 is 2.56 bits per heavy atom. The molecular formula is C25H27N5O2. The van der Waals surface area contributed by atoms with Gasteiger partial charge in [0.25, 0.3) is 5.91 Å². The number of amides is 1. The third-order valence-corrected chi connectivity index (χ3v) is 6.02. The minimum Gasteiger partial charge on any atom is -0.378 e. The van der Waals surface area contributed by atoms with Gasteiger partial charge < -0.3 is 19.9 Å². The monoisotopic (exact) mass is 429 g/mol. The summed E-state index contributed by atoms with van der Waals surface area (Å²) in [6.07, 6.45) is 2.67. The van der Waals surface area contributed by atoms with Gasteiger partial charge in [0.1, 0.15) is 0 Å². The van der Waals surface area contributed by atoms with E-state index >= 15 is 0 Å². The van der Waals surface area contributed by atoms with Crippen LogP contribution in [0.25, 0.3) is 11.3 Å². The summed E-state index contributed by atoms with van der Waals surface area (Å²) >= 11 is 0. The van der Waals surface area contributed by atoms with Gasteiger partial charge in [0.05, 0.1) is 24.5 Å². The molecular weight excluding hydrogens is 402 g/mol. The third-order valence-electron chi connectivity index (χ3n) is 6.02. The van der Waals surface area contributed by atoms with Gasteiger partial charge in [-0.05, 0) is 24.6 Å². The first kappa shape index (κ1) is 20.5. The van der Waals surface area contributed by atoms with Crippen LogP contribution < -0.4 is 15.1 Å². The Labute approximate surface area is 188 Å². The zero-order chi connectivity index (χ0) is 21.8. The van der Waals surface area contributed by atoms with Gasteiger partial charge in [0.2, 0.25) is 5.95 Å². The molecule has 0 bridgehead atoms. The van der Waals surface area contributed by atoms with Crippen LogP contribution in [0, 0.1) is 0 Å². The molecule has 2 aliphatic rings. The van der Waals surface area contributed by atoms with Crippen molar-refractivity contribution in [2.24, 2.45) is 0 Å². The molecule has 1 atom stereocenters. The largest absolute Gasteiger partial charge is 0.378 e. The molecule has 0 aliphatic carbocycles. The Morgan fingerprint density at radius 2 is 1.72 bits per heavy atom. The molecule has 3 heterocycles. The van der Waals surface area contributed by atoms with E-state index in [0.717, 1.165) is 48.6 Å². The molecule has 1 unspecified atom stereocenters. The van der Waals surface area contributed by atoms with Gasteiger partial charge in [-0.2, -0.15) is 0 Å². The summed E-state index contributed by atoms with van der Waals surface area (Å²) < 4.78 is 5.46. The van der Waals surface area contributed by atoms with Crippen molar-refractivity contribution in [1.29, 1.82) is 0 Å². The number of aromatic nitrogens is 2. The van der Waals surface area contributed by atoms with E-state index in [0.29, 0.717) is 25.7 Å². The number of benzene rings is 2. The minimum absolute atomic E-state index is 0.0297. The van der Waals surface area contributed by atoms with Gasteiger partial charge in [-0.3, -0.25) is 4.79 Å². The molecule has 5 rings (SSSR count). The minimum atomic E-state index is -0.0297. The van der Waals surface area contributed by atoms with E-state index in [1.165, 1.54) is 0 Å². The van der Waals surface area contributed by atoms with Crippen molar-refractivity contribution in [2.75, 3.05) is 49.2 Å². The van der Waals surface area contributed by atoms with Gasteiger partial charge >= 0.3 is 0 Å². The molecule has 0 spiro atoms. The molecule has 2 saturated heterocycles. The number of carbonyl (C=O) groups excluding carboxylic acids is 1. The van der Waals surface area contributed by atoms with Crippen LogP contribution in [0.3, 0.4) is 0 Å². The Morgan fingerprint density at radius 1 is 0.938 bits per heavy atom. The number of hydrogen-bond acceptors (Lipinski definition) is 6. The number of ether oxygens (including phenoxy) is 1. The molecule has 1 amide bonds. The lowest BCUT2D eigenvalue weighted by Crippen LogP contribution is -2.40. The van der Waals surface area contributed by atoms with Crippen LogP contribution >= 0.6 is 0 Å². The van der Waals surface area contributed by atoms with Crippen molar-refractivity contribution in [3.63, 3.8) is 0 Å². The van der Waals surface area contributed by atoms with Crippen LogP contribution in [-0.2, 0) is 4.74 Å². The quantitative estimate of drug-likeness (QED) is 0.672. The number of hydrogen-bond donors (Lipinski definition) is 1. The molecule has 1 N–H and O–H groups in total. The van der Waals surface area contributed by atoms with Crippen LogP contribution in [0.15, 0.2) is 66.9 Å². The third kappa shape index (κ3) is 4.43. The van der Waals surface area contributed by atoms with E-state index in [9.17, 15) is 4.79 Å². The fourth-order valence-corrected chi connectivity index (χ4v) is 4.34. The first-order chi connectivity index (χ1) is 15.8. The fraction of sp³-hybridized carbons (Fsp3) is 0.320. The lowest BCUT2D eigenvalue weighted by molar-refractivity contribution is 0.0939. The highest BCUT2D eigenvalue weighted by atomic mass is 16.5. The summed E-state index contributed by atoms with van der Waals surface area (Å²) in [5.41, 5.74) is 3.67. The molecule has 2 aromatic carbocycles. The Bertz CT molecular complexity index is 1070. The van der Waals surface area contributed by atoms with Gasteiger partial charge in [-0.15, -0.1) is 0 Å². The molecule has 2 fully saturated rings. The van der Waals surface area contributed by atoms with Crippen molar-refractivity contribution in [2.45, 2.75) is 12.5 Å². The van der Waals surface area contributed by atoms with E-state index in [1.54, 1.807) is 6.20 Å². The standard InChI is InChI=1S/C25H27N5O2/c31-24(21-8-4-5-9-23(21)29-14-16-32-17-15-29)27-20-11-13-30(18-20)25-26-12-10-22(28-25)19-6-2-1-3-7-19/h1-10,12,20H,11,13-18H2,(H,27,31). The van der Waals surface area contributed by atoms with Crippen LogP contribution in [0.2, 0.25) is 0 Å². The number of para-hydroxylation sites is 1. The topological polar surface area (TPSA) is 70.6 Å². The Hall–Kier alpha value is -3.45. The lowest BCUT2D eigenvalue weighted by Gasteiger charge is -2.30. The van der Waals surface area contributed by atoms with Crippen LogP contribution in [0.4, 0.5) is 11.6 Å². The average Bonchev–Trinajstić information content (AvgIpc) is 3.34. The van der Waals surface area contributed by atoms with Gasteiger partial charge in [0, 0.05) is 49.7 Å². The molecule has 164 valence electrons. The van der Waals surface area contributed by atoms with Crippen molar-refractivity contribution >= 4 is 17.5 Å². The maximum atomic E-state index is 13.1. The first-order valence-corrected chi connectivity index (χ1v) is 11.1. The predicted octanol–water partition coefficient (Wildman–Crippen LogP) is 2.99. The van der Waals surface area contributed by atoms with Crippen molar-refractivity contribution in [3.8, 4) is 11.3 Å². The molecule has 7 heteroatoms. The maximum Gasteiger partial charge on any atom is 0.253 e. The summed E-state index contributed by atoms with van der Waals surface area (Å²) in [6.45, 7) is 4.50. The second-order valence-corrected chi connectivity index (χ2v) is 8.13. The van der Waals surface area contributed by atoms with Crippen LogP contribution in [0.5, 0.6) is 0 Å². The summed E-state index contributed by atoms with van der Waals surface area (Å²) in [7, 11) is 0. The normalized spacial score (nSPS) is 18.6. The van der Waals surface area contributed by atoms with Crippen molar-refractivity contribution in [1.82, 2.24) is 15.3 Å². The zero-order valence-electron chi connectivity index (χ0n) is 18.0. The van der Waals surface area contributed by atoms with Gasteiger partial charge in [-0.25, -0.2) is 9.97 Å². The lowest BCUT2D eigenvalue weighted by atomic mass is 10.1. The Balaban J connectivity index is 1.26. The SMILES string of the molecule is O=C(NC1CCN(c2nccc(-c3ccccc3)n2)C1)c1ccccc1N1CCOCC1. The van der Waals surface area contributed by atoms with E-state index in [-0.39, 0.29) is 11.9 Å². The maximum absolute atomic E-state index is 13.1. The summed E-state index contributed by atoms with van der Waals surface area (Å²) in [4.78, 5) is 26.7. The summed E-state index contributed by atoms with van der Waals surface area (Å²) in [5.74, 6) is 0.676. The number of rotatable bonds is 5. The summed E-state index contributed by atoms with van der Waals surface area (Å²) in [5, 5.41) is 3.23. The van der Waals surface area contributed by atoms with E-state index in [2.05, 4.69) is 20.1 Å². The summed E-state index contributed by atoms with van der Waals surface area (Å²) in [6, 6.07) is 19.9. The number of nitrogens with zero attached hydrogens (tertiary/aromatic N) is 4. The smallest absolute Gasteiger partial charge is 0.253 e. The molecule has 0 saturated carbocycles. The highest BCUT2D eigenvalue weighted by molar-refractivity contribution is 6.00. The number of carbonyl (C=O) groups is 1. The van der Waals surface area contributed by atoms with Crippen molar-refractivity contribution < 1.29 is 9.53 Å². The molecule has 2 aliphatic heterocycles. The van der Waals surface area contributed by atoms with Gasteiger partial charge in [-0.1, -0.05) is 42.5 Å². The molecule has 1 aromatic heterocycles. The Kier molecular flexibility index (Phi) is 5.98. The molecule has 7 nitrogen and oxygen atoms in total. The van der Waals surface area contributed by atoms with E-state index in [1.807, 2.05) is 60.7 Å². The fourth-order valence-electron chi connectivity index (χ4n) is 4.34. The highest BCUT2D eigenvalue weighted by Gasteiger charge is 2.27.